The van der Waals surface area contributed by atoms with Crippen LogP contribution in [0.1, 0.15) is 34.6 Å². The third kappa shape index (κ3) is 3.28. The number of carbonyl (C=O) groups is 1. The minimum absolute atomic E-state index is 0.0712. The first-order valence-electron chi connectivity index (χ1n) is 9.72. The van der Waals surface area contributed by atoms with E-state index in [2.05, 4.69) is 38.3 Å². The molecule has 2 aromatic rings. The number of aromatic nitrogens is 3. The Balaban J connectivity index is 1.75. The maximum absolute atomic E-state index is 15.4. The highest BCUT2D eigenvalue weighted by molar-refractivity contribution is 6.03. The van der Waals surface area contributed by atoms with Crippen LogP contribution in [0.5, 0.6) is 0 Å². The van der Waals surface area contributed by atoms with Crippen molar-refractivity contribution < 1.29 is 9.18 Å². The Kier molecular flexibility index (Phi) is 4.86. The SMILES string of the molecule is C=CC(=C)N1CCC[C@@H](N(C)c2nc(-c3cnc(C)[nH]3)c3c(c2F)CNC3=O)C1. The molecule has 0 radical (unpaired) electrons. The maximum Gasteiger partial charge on any atom is 0.254 e. The van der Waals surface area contributed by atoms with Gasteiger partial charge in [0, 0.05) is 44.0 Å². The number of imidazole rings is 1. The number of rotatable bonds is 5. The van der Waals surface area contributed by atoms with E-state index < -0.39 is 5.82 Å². The Morgan fingerprint density at radius 1 is 1.48 bits per heavy atom. The van der Waals surface area contributed by atoms with Gasteiger partial charge in [-0.1, -0.05) is 13.2 Å². The lowest BCUT2D eigenvalue weighted by Crippen LogP contribution is -2.46. The van der Waals surface area contributed by atoms with Crippen molar-refractivity contribution in [2.24, 2.45) is 0 Å². The molecular formula is C21H25FN6O. The summed E-state index contributed by atoms with van der Waals surface area (Å²) in [6, 6.07) is 0.0712. The fourth-order valence-electron chi connectivity index (χ4n) is 4.07. The molecule has 2 aromatic heterocycles. The number of aryl methyl sites for hydroxylation is 1. The second kappa shape index (κ2) is 7.35. The molecule has 0 unspecified atom stereocenters. The molecule has 7 nitrogen and oxygen atoms in total. The zero-order valence-electron chi connectivity index (χ0n) is 16.8. The minimum atomic E-state index is -0.444. The molecule has 1 atom stereocenters. The van der Waals surface area contributed by atoms with Crippen LogP contribution in [0.15, 0.2) is 31.1 Å². The van der Waals surface area contributed by atoms with Crippen molar-refractivity contribution in [3.8, 4) is 11.4 Å². The largest absolute Gasteiger partial charge is 0.370 e. The number of aromatic amines is 1. The van der Waals surface area contributed by atoms with Crippen LogP contribution in [0, 0.1) is 12.7 Å². The number of nitrogens with zero attached hydrogens (tertiary/aromatic N) is 4. The molecular weight excluding hydrogens is 371 g/mol. The zero-order valence-corrected chi connectivity index (χ0v) is 16.8. The van der Waals surface area contributed by atoms with Crippen LogP contribution < -0.4 is 10.2 Å². The molecule has 0 aliphatic carbocycles. The number of carbonyl (C=O) groups excluding carboxylic acids is 1. The summed E-state index contributed by atoms with van der Waals surface area (Å²) in [5.41, 5.74) is 2.55. The number of pyridine rings is 1. The van der Waals surface area contributed by atoms with Gasteiger partial charge in [-0.15, -0.1) is 0 Å². The van der Waals surface area contributed by atoms with Crippen molar-refractivity contribution in [2.75, 3.05) is 25.0 Å². The van der Waals surface area contributed by atoms with Gasteiger partial charge in [0.05, 0.1) is 17.5 Å². The number of allylic oxidation sites excluding steroid dienone is 1. The van der Waals surface area contributed by atoms with E-state index in [9.17, 15) is 4.79 Å². The Morgan fingerprint density at radius 2 is 2.28 bits per heavy atom. The summed E-state index contributed by atoms with van der Waals surface area (Å²) < 4.78 is 15.4. The molecule has 0 bridgehead atoms. The molecule has 2 aliphatic rings. The van der Waals surface area contributed by atoms with Gasteiger partial charge in [0.25, 0.3) is 5.91 Å². The number of amides is 1. The Morgan fingerprint density at radius 3 is 2.97 bits per heavy atom. The molecule has 4 rings (SSSR count). The first-order valence-corrected chi connectivity index (χ1v) is 9.72. The molecule has 1 saturated heterocycles. The van der Waals surface area contributed by atoms with E-state index in [4.69, 9.17) is 0 Å². The molecule has 4 heterocycles. The van der Waals surface area contributed by atoms with E-state index in [-0.39, 0.29) is 29.9 Å². The van der Waals surface area contributed by atoms with Gasteiger partial charge in [-0.25, -0.2) is 14.4 Å². The smallest absolute Gasteiger partial charge is 0.254 e. The first-order chi connectivity index (χ1) is 13.9. The molecule has 152 valence electrons. The van der Waals surface area contributed by atoms with Crippen molar-refractivity contribution >= 4 is 11.7 Å². The Labute approximate surface area is 169 Å². The summed E-state index contributed by atoms with van der Waals surface area (Å²) in [4.78, 5) is 28.3. The van der Waals surface area contributed by atoms with Crippen LogP contribution in [0.2, 0.25) is 0 Å². The maximum atomic E-state index is 15.4. The lowest BCUT2D eigenvalue weighted by molar-refractivity contribution is 0.0966. The van der Waals surface area contributed by atoms with Crippen molar-refractivity contribution in [3.05, 3.63) is 53.9 Å². The second-order valence-electron chi connectivity index (χ2n) is 7.56. The fourth-order valence-corrected chi connectivity index (χ4v) is 4.07. The standard InChI is InChI=1S/C21H25FN6O/c1-5-12(2)28-8-6-7-14(11-28)27(4)20-18(22)15-9-24-21(29)17(15)19(26-20)16-10-23-13(3)25-16/h5,10,14H,1-2,6-9,11H2,3-4H3,(H,23,25)(H,24,29)/t14-/m1/s1. The summed E-state index contributed by atoms with van der Waals surface area (Å²) in [6.07, 6.45) is 5.26. The van der Waals surface area contributed by atoms with Gasteiger partial charge < -0.3 is 20.1 Å². The van der Waals surface area contributed by atoms with Gasteiger partial charge in [0.15, 0.2) is 11.6 Å². The molecule has 29 heavy (non-hydrogen) atoms. The number of likely N-dealkylation sites (tertiary alicyclic amines) is 1. The number of nitrogens with one attached hydrogen (secondary N) is 2. The van der Waals surface area contributed by atoms with Gasteiger partial charge in [-0.3, -0.25) is 4.79 Å². The van der Waals surface area contributed by atoms with Crippen LogP contribution in [0.4, 0.5) is 10.2 Å². The molecule has 1 amide bonds. The third-order valence-corrected chi connectivity index (χ3v) is 5.75. The van der Waals surface area contributed by atoms with Gasteiger partial charge >= 0.3 is 0 Å². The van der Waals surface area contributed by atoms with E-state index in [0.29, 0.717) is 22.8 Å². The Hall–Kier alpha value is -3.16. The van der Waals surface area contributed by atoms with Crippen molar-refractivity contribution in [3.63, 3.8) is 0 Å². The predicted octanol–water partition coefficient (Wildman–Crippen LogP) is 2.76. The van der Waals surface area contributed by atoms with Gasteiger partial charge in [-0.2, -0.15) is 0 Å². The number of hydrogen-bond donors (Lipinski definition) is 2. The summed E-state index contributed by atoms with van der Waals surface area (Å²) in [5, 5.41) is 2.72. The highest BCUT2D eigenvalue weighted by Crippen LogP contribution is 2.34. The third-order valence-electron chi connectivity index (χ3n) is 5.75. The molecule has 0 saturated carbocycles. The highest BCUT2D eigenvalue weighted by atomic mass is 19.1. The molecule has 2 N–H and O–H groups in total. The van der Waals surface area contributed by atoms with Crippen LogP contribution in [0.25, 0.3) is 11.4 Å². The lowest BCUT2D eigenvalue weighted by atomic mass is 10.0. The van der Waals surface area contributed by atoms with Crippen molar-refractivity contribution in [2.45, 2.75) is 32.4 Å². The fraction of sp³-hybridized carbons (Fsp3) is 0.381. The monoisotopic (exact) mass is 396 g/mol. The van der Waals surface area contributed by atoms with Crippen LogP contribution in [-0.2, 0) is 6.54 Å². The van der Waals surface area contributed by atoms with E-state index in [0.717, 1.165) is 31.6 Å². The van der Waals surface area contributed by atoms with E-state index in [1.165, 1.54) is 0 Å². The van der Waals surface area contributed by atoms with Gasteiger partial charge in [0.1, 0.15) is 11.5 Å². The average Bonchev–Trinajstić information content (AvgIpc) is 3.34. The summed E-state index contributed by atoms with van der Waals surface area (Å²) in [6.45, 7) is 11.4. The molecule has 2 aliphatic heterocycles. The zero-order chi connectivity index (χ0) is 20.7. The van der Waals surface area contributed by atoms with Crippen molar-refractivity contribution in [1.82, 2.24) is 25.2 Å². The van der Waals surface area contributed by atoms with Crippen LogP contribution >= 0.6 is 0 Å². The number of halogens is 1. The van der Waals surface area contributed by atoms with E-state index in [1.54, 1.807) is 12.3 Å². The van der Waals surface area contributed by atoms with Gasteiger partial charge in [0.2, 0.25) is 0 Å². The molecule has 8 heteroatoms. The second-order valence-corrected chi connectivity index (χ2v) is 7.56. The molecule has 0 spiro atoms. The lowest BCUT2D eigenvalue weighted by Gasteiger charge is -2.39. The number of likely N-dealkylation sites (N-methyl/N-ethyl adjacent to an activating group) is 1. The van der Waals surface area contributed by atoms with E-state index in [1.807, 2.05) is 18.9 Å². The quantitative estimate of drug-likeness (QED) is 0.760. The summed E-state index contributed by atoms with van der Waals surface area (Å²) in [7, 11) is 1.86. The minimum Gasteiger partial charge on any atom is -0.370 e. The summed E-state index contributed by atoms with van der Waals surface area (Å²) in [5.74, 6) is 0.201. The molecule has 1 fully saturated rings. The number of piperidine rings is 1. The topological polar surface area (TPSA) is 77.2 Å². The van der Waals surface area contributed by atoms with Crippen LogP contribution in [0.3, 0.4) is 0 Å². The molecule has 0 aromatic carbocycles. The number of anilines is 1. The number of H-pyrrole nitrogens is 1. The number of hydrogen-bond acceptors (Lipinski definition) is 5. The van der Waals surface area contributed by atoms with Crippen LogP contribution in [-0.4, -0.2) is 51.9 Å². The normalized spacial score (nSPS) is 18.4. The number of fused-ring (bicyclic) bond motifs is 1. The highest BCUT2D eigenvalue weighted by Gasteiger charge is 2.33. The predicted molar refractivity (Wildman–Crippen MR) is 110 cm³/mol. The first kappa shape index (κ1) is 19.2. The summed E-state index contributed by atoms with van der Waals surface area (Å²) >= 11 is 0. The average molecular weight is 396 g/mol. The van der Waals surface area contributed by atoms with Crippen molar-refractivity contribution in [1.29, 1.82) is 0 Å². The van der Waals surface area contributed by atoms with Gasteiger partial charge in [-0.05, 0) is 25.8 Å². The Bertz CT molecular complexity index is 997. The van der Waals surface area contributed by atoms with E-state index >= 15 is 4.39 Å².